The van der Waals surface area contributed by atoms with Crippen LogP contribution in [0.25, 0.3) is 0 Å². The van der Waals surface area contributed by atoms with E-state index in [1.165, 1.54) is 4.31 Å². The molecule has 0 radical (unpaired) electrons. The highest BCUT2D eigenvalue weighted by Crippen LogP contribution is 2.20. The van der Waals surface area contributed by atoms with E-state index in [0.717, 1.165) is 17.1 Å². The lowest BCUT2D eigenvalue weighted by molar-refractivity contribution is -0.121. The van der Waals surface area contributed by atoms with Gasteiger partial charge in [-0.15, -0.1) is 0 Å². The number of rotatable bonds is 6. The van der Waals surface area contributed by atoms with Crippen LogP contribution >= 0.6 is 0 Å². The van der Waals surface area contributed by atoms with Gasteiger partial charge in [-0.1, -0.05) is 13.8 Å². The molecule has 0 aliphatic carbocycles. The first-order chi connectivity index (χ1) is 11.1. The number of sulfone groups is 1. The van der Waals surface area contributed by atoms with E-state index in [2.05, 4.69) is 5.32 Å². The Balaban J connectivity index is 1.96. The second-order valence-electron chi connectivity index (χ2n) is 6.71. The van der Waals surface area contributed by atoms with Gasteiger partial charge in [-0.25, -0.2) is 8.42 Å². The average molecular weight is 382 g/mol. The predicted molar refractivity (Wildman–Crippen MR) is 91.3 cm³/mol. The van der Waals surface area contributed by atoms with Crippen LogP contribution in [0.4, 0.5) is 0 Å². The SMILES string of the molecule is CCN(CC(=O)N[C@H]1CCS(=O)(=O)C1)S(=O)(=O)N1CCC[C@H](C)C1. The number of hydrogen-bond donors (Lipinski definition) is 1. The zero-order chi connectivity index (χ0) is 18.0. The number of amides is 1. The van der Waals surface area contributed by atoms with Crippen molar-refractivity contribution in [2.75, 3.05) is 37.7 Å². The van der Waals surface area contributed by atoms with Gasteiger partial charge in [0.05, 0.1) is 18.1 Å². The van der Waals surface area contributed by atoms with E-state index in [1.807, 2.05) is 6.92 Å². The molecule has 0 aromatic rings. The van der Waals surface area contributed by atoms with Crippen LogP contribution in [0.2, 0.25) is 0 Å². The fraction of sp³-hybridized carbons (Fsp3) is 0.929. The maximum atomic E-state index is 12.7. The third kappa shape index (κ3) is 4.90. The molecular weight excluding hydrogens is 354 g/mol. The Bertz CT molecular complexity index is 662. The smallest absolute Gasteiger partial charge is 0.282 e. The number of carbonyl (C=O) groups is 1. The molecule has 2 atom stereocenters. The summed E-state index contributed by atoms with van der Waals surface area (Å²) >= 11 is 0. The van der Waals surface area contributed by atoms with Crippen molar-refractivity contribution >= 4 is 26.0 Å². The van der Waals surface area contributed by atoms with E-state index < -0.39 is 32.0 Å². The molecule has 140 valence electrons. The molecule has 0 bridgehead atoms. The van der Waals surface area contributed by atoms with E-state index >= 15 is 0 Å². The fourth-order valence-corrected chi connectivity index (χ4v) is 6.63. The van der Waals surface area contributed by atoms with Gasteiger partial charge in [0, 0.05) is 25.7 Å². The molecule has 2 saturated heterocycles. The van der Waals surface area contributed by atoms with Gasteiger partial charge in [-0.3, -0.25) is 4.79 Å². The second kappa shape index (κ2) is 7.67. The fourth-order valence-electron chi connectivity index (χ4n) is 3.22. The number of hydrogen-bond acceptors (Lipinski definition) is 5. The van der Waals surface area contributed by atoms with Crippen LogP contribution in [0.5, 0.6) is 0 Å². The van der Waals surface area contributed by atoms with Crippen molar-refractivity contribution in [1.29, 1.82) is 0 Å². The molecule has 24 heavy (non-hydrogen) atoms. The minimum Gasteiger partial charge on any atom is -0.351 e. The summed E-state index contributed by atoms with van der Waals surface area (Å²) in [6.45, 7) is 4.58. The lowest BCUT2D eigenvalue weighted by Crippen LogP contribution is -2.51. The third-order valence-corrected chi connectivity index (χ3v) is 8.33. The van der Waals surface area contributed by atoms with Crippen molar-refractivity contribution in [3.8, 4) is 0 Å². The first kappa shape index (κ1) is 19.6. The van der Waals surface area contributed by atoms with Crippen LogP contribution in [0, 0.1) is 5.92 Å². The summed E-state index contributed by atoms with van der Waals surface area (Å²) in [4.78, 5) is 12.1. The predicted octanol–water partition coefficient (Wildman–Crippen LogP) is -0.412. The highest BCUT2D eigenvalue weighted by molar-refractivity contribution is 7.91. The summed E-state index contributed by atoms with van der Waals surface area (Å²) in [6, 6.07) is -0.418. The summed E-state index contributed by atoms with van der Waals surface area (Å²) < 4.78 is 50.9. The number of nitrogens with zero attached hydrogens (tertiary/aromatic N) is 2. The van der Waals surface area contributed by atoms with Gasteiger partial charge in [0.15, 0.2) is 9.84 Å². The standard InChI is InChI=1S/C14H27N3O5S2/c1-3-16(24(21,22)17-7-4-5-12(2)9-17)10-14(18)15-13-6-8-23(19,20)11-13/h12-13H,3-11H2,1-2H3,(H,15,18)/t12-,13-/m0/s1. The maximum absolute atomic E-state index is 12.7. The molecule has 2 aliphatic heterocycles. The normalized spacial score (nSPS) is 28.1. The quantitative estimate of drug-likeness (QED) is 0.673. The molecule has 0 unspecified atom stereocenters. The summed E-state index contributed by atoms with van der Waals surface area (Å²) in [6.07, 6.45) is 2.22. The van der Waals surface area contributed by atoms with Crippen LogP contribution < -0.4 is 5.32 Å². The monoisotopic (exact) mass is 381 g/mol. The highest BCUT2D eigenvalue weighted by Gasteiger charge is 2.34. The summed E-state index contributed by atoms with van der Waals surface area (Å²) in [5.41, 5.74) is 0. The maximum Gasteiger partial charge on any atom is 0.282 e. The van der Waals surface area contributed by atoms with Crippen molar-refractivity contribution in [2.24, 2.45) is 5.92 Å². The molecule has 1 amide bonds. The molecular formula is C14H27N3O5S2. The molecule has 0 spiro atoms. The van der Waals surface area contributed by atoms with Gasteiger partial charge >= 0.3 is 0 Å². The number of likely N-dealkylation sites (N-methyl/N-ethyl adjacent to an activating group) is 1. The van der Waals surface area contributed by atoms with Crippen LogP contribution in [-0.2, 0) is 24.8 Å². The van der Waals surface area contributed by atoms with E-state index in [-0.39, 0.29) is 24.6 Å². The first-order valence-electron chi connectivity index (χ1n) is 8.39. The minimum atomic E-state index is -3.67. The molecule has 10 heteroatoms. The topological polar surface area (TPSA) is 104 Å². The van der Waals surface area contributed by atoms with E-state index in [0.29, 0.717) is 25.4 Å². The Labute approximate surface area is 144 Å². The highest BCUT2D eigenvalue weighted by atomic mass is 32.2. The summed E-state index contributed by atoms with van der Waals surface area (Å²) in [5.74, 6) is -0.141. The van der Waals surface area contributed by atoms with Gasteiger partial charge in [0.25, 0.3) is 10.2 Å². The molecule has 1 N–H and O–H groups in total. The van der Waals surface area contributed by atoms with Crippen molar-refractivity contribution in [3.05, 3.63) is 0 Å². The molecule has 0 aromatic heterocycles. The summed E-state index contributed by atoms with van der Waals surface area (Å²) in [5, 5.41) is 2.64. The van der Waals surface area contributed by atoms with Gasteiger partial charge < -0.3 is 5.32 Å². The van der Waals surface area contributed by atoms with E-state index in [9.17, 15) is 21.6 Å². The molecule has 2 aliphatic rings. The van der Waals surface area contributed by atoms with Gasteiger partial charge in [0.1, 0.15) is 0 Å². The van der Waals surface area contributed by atoms with Gasteiger partial charge in [0.2, 0.25) is 5.91 Å². The Hall–Kier alpha value is -0.710. The molecule has 8 nitrogen and oxygen atoms in total. The Morgan fingerprint density at radius 3 is 2.58 bits per heavy atom. The molecule has 0 aromatic carbocycles. The van der Waals surface area contributed by atoms with Crippen LogP contribution in [0.3, 0.4) is 0 Å². The molecule has 2 heterocycles. The Morgan fingerprint density at radius 1 is 1.33 bits per heavy atom. The van der Waals surface area contributed by atoms with Crippen LogP contribution in [0.15, 0.2) is 0 Å². The van der Waals surface area contributed by atoms with Crippen molar-refractivity contribution in [3.63, 3.8) is 0 Å². The minimum absolute atomic E-state index is 0.0682. The van der Waals surface area contributed by atoms with Crippen molar-refractivity contribution < 1.29 is 21.6 Å². The number of carbonyl (C=O) groups excluding carboxylic acids is 1. The molecule has 2 rings (SSSR count). The zero-order valence-electron chi connectivity index (χ0n) is 14.3. The lowest BCUT2D eigenvalue weighted by Gasteiger charge is -2.34. The van der Waals surface area contributed by atoms with Gasteiger partial charge in [-0.05, 0) is 25.2 Å². The van der Waals surface area contributed by atoms with Crippen LogP contribution in [-0.4, -0.2) is 75.1 Å². The number of piperidine rings is 1. The Kier molecular flexibility index (Phi) is 6.27. The first-order valence-corrected chi connectivity index (χ1v) is 11.6. The Morgan fingerprint density at radius 2 is 2.04 bits per heavy atom. The van der Waals surface area contributed by atoms with Gasteiger partial charge in [-0.2, -0.15) is 17.0 Å². The lowest BCUT2D eigenvalue weighted by atomic mass is 10.0. The second-order valence-corrected chi connectivity index (χ2v) is 10.9. The molecule has 0 saturated carbocycles. The third-order valence-electron chi connectivity index (χ3n) is 4.54. The van der Waals surface area contributed by atoms with E-state index in [4.69, 9.17) is 0 Å². The number of nitrogens with one attached hydrogen (secondary N) is 1. The van der Waals surface area contributed by atoms with E-state index in [1.54, 1.807) is 6.92 Å². The van der Waals surface area contributed by atoms with Crippen molar-refractivity contribution in [2.45, 2.75) is 39.2 Å². The van der Waals surface area contributed by atoms with Crippen molar-refractivity contribution in [1.82, 2.24) is 13.9 Å². The molecule has 2 fully saturated rings. The average Bonchev–Trinajstić information content (AvgIpc) is 2.83. The zero-order valence-corrected chi connectivity index (χ0v) is 15.9. The summed E-state index contributed by atoms with van der Waals surface area (Å²) in [7, 11) is -6.75. The largest absolute Gasteiger partial charge is 0.351 e. The van der Waals surface area contributed by atoms with Crippen LogP contribution in [0.1, 0.15) is 33.1 Å².